The molecule has 1 radical (unpaired) electrons. The molecule has 5 nitrogen and oxygen atoms in total. The van der Waals surface area contributed by atoms with Crippen LogP contribution in [0.15, 0.2) is 18.3 Å². The lowest BCUT2D eigenvalue weighted by Crippen LogP contribution is -1.93. The Hall–Kier alpha value is -1.91. The lowest BCUT2D eigenvalue weighted by Gasteiger charge is -1.97. The molecule has 0 atom stereocenters. The summed E-state index contributed by atoms with van der Waals surface area (Å²) in [4.78, 5) is 4.02. The van der Waals surface area contributed by atoms with E-state index in [9.17, 15) is 0 Å². The van der Waals surface area contributed by atoms with Gasteiger partial charge in [0.25, 0.3) is 0 Å². The second kappa shape index (κ2) is 3.10. The summed E-state index contributed by atoms with van der Waals surface area (Å²) in [5, 5.41) is 16.8. The second-order valence-electron chi connectivity index (χ2n) is 2.91. The summed E-state index contributed by atoms with van der Waals surface area (Å²) < 4.78 is 1.57. The van der Waals surface area contributed by atoms with Crippen LogP contribution >= 0.6 is 0 Å². The van der Waals surface area contributed by atoms with E-state index in [0.717, 1.165) is 0 Å². The van der Waals surface area contributed by atoms with Crippen LogP contribution in [0, 0.1) is 6.92 Å². The van der Waals surface area contributed by atoms with Crippen LogP contribution in [0.4, 0.5) is 0 Å². The zero-order valence-electron chi connectivity index (χ0n) is 7.68. The lowest BCUT2D eigenvalue weighted by atomic mass is 10.2. The van der Waals surface area contributed by atoms with Crippen molar-refractivity contribution >= 4 is 0 Å². The summed E-state index contributed by atoms with van der Waals surface area (Å²) in [7, 11) is 1.76. The smallest absolute Gasteiger partial charge is 0.134 e. The number of aromatic hydroxyl groups is 1. The average Bonchev–Trinajstić information content (AvgIpc) is 2.50. The number of rotatable bonds is 1. The summed E-state index contributed by atoms with van der Waals surface area (Å²) in [5.41, 5.74) is 1.98. The highest BCUT2D eigenvalue weighted by Gasteiger charge is 2.09. The molecule has 0 aliphatic rings. The van der Waals surface area contributed by atoms with Crippen molar-refractivity contribution in [2.45, 2.75) is 0 Å². The Bertz CT molecular complexity index is 446. The maximum atomic E-state index is 9.06. The molecular weight excluding hydrogens is 180 g/mol. The van der Waals surface area contributed by atoms with Gasteiger partial charge in [0, 0.05) is 7.05 Å². The number of aromatic nitrogens is 4. The van der Waals surface area contributed by atoms with Crippen molar-refractivity contribution in [2.75, 3.05) is 0 Å². The van der Waals surface area contributed by atoms with Crippen molar-refractivity contribution in [1.82, 2.24) is 20.0 Å². The Labute approximate surface area is 81.0 Å². The maximum absolute atomic E-state index is 9.06. The van der Waals surface area contributed by atoms with E-state index in [1.165, 1.54) is 6.20 Å². The molecule has 71 valence electrons. The van der Waals surface area contributed by atoms with Gasteiger partial charge in [0.05, 0.1) is 17.6 Å². The van der Waals surface area contributed by atoms with Gasteiger partial charge in [-0.3, -0.25) is 9.67 Å². The van der Waals surface area contributed by atoms with Crippen molar-refractivity contribution in [1.29, 1.82) is 0 Å². The fourth-order valence-corrected chi connectivity index (χ4v) is 1.10. The van der Waals surface area contributed by atoms with Gasteiger partial charge >= 0.3 is 0 Å². The van der Waals surface area contributed by atoms with Gasteiger partial charge in [0.15, 0.2) is 0 Å². The van der Waals surface area contributed by atoms with E-state index >= 15 is 0 Å². The number of pyridine rings is 1. The molecule has 0 fully saturated rings. The zero-order valence-corrected chi connectivity index (χ0v) is 7.68. The minimum Gasteiger partial charge on any atom is -0.506 e. The molecule has 0 aliphatic heterocycles. The standard InChI is InChI=1S/C9H9N4O/c1-6-9(11-12-13(6)2)8-4-3-7(14)5-10-8/h3-5,14H,1H2,2H3. The second-order valence-corrected chi connectivity index (χ2v) is 2.91. The molecule has 2 heterocycles. The van der Waals surface area contributed by atoms with E-state index in [1.54, 1.807) is 23.9 Å². The van der Waals surface area contributed by atoms with Crippen LogP contribution in [0.25, 0.3) is 11.4 Å². The third kappa shape index (κ3) is 1.32. The Balaban J connectivity index is 2.49. The Morgan fingerprint density at radius 2 is 2.21 bits per heavy atom. The Morgan fingerprint density at radius 1 is 1.43 bits per heavy atom. The van der Waals surface area contributed by atoms with Gasteiger partial charge in [-0.05, 0) is 19.1 Å². The van der Waals surface area contributed by atoms with Crippen molar-refractivity contribution in [3.8, 4) is 17.1 Å². The molecule has 0 aromatic carbocycles. The quantitative estimate of drug-likeness (QED) is 0.719. The van der Waals surface area contributed by atoms with Crippen molar-refractivity contribution in [3.05, 3.63) is 30.9 Å². The van der Waals surface area contributed by atoms with Crippen molar-refractivity contribution < 1.29 is 5.11 Å². The van der Waals surface area contributed by atoms with Crippen LogP contribution in [-0.2, 0) is 7.05 Å². The van der Waals surface area contributed by atoms with E-state index in [0.29, 0.717) is 17.1 Å². The third-order valence-corrected chi connectivity index (χ3v) is 1.93. The summed E-state index contributed by atoms with van der Waals surface area (Å²) in [5.74, 6) is 0.128. The number of hydrogen-bond donors (Lipinski definition) is 1. The molecule has 2 rings (SSSR count). The lowest BCUT2D eigenvalue weighted by molar-refractivity contribution is 0.473. The van der Waals surface area contributed by atoms with E-state index < -0.39 is 0 Å². The first kappa shape index (κ1) is 8.68. The fraction of sp³-hybridized carbons (Fsp3) is 0.111. The molecule has 0 saturated carbocycles. The molecule has 0 aliphatic carbocycles. The number of hydrogen-bond acceptors (Lipinski definition) is 4. The molecule has 0 saturated heterocycles. The minimum absolute atomic E-state index is 0.128. The molecule has 2 aromatic heterocycles. The SMILES string of the molecule is [CH2]c1c(-c2ccc(O)cn2)nnn1C. The summed E-state index contributed by atoms with van der Waals surface area (Å²) in [6.45, 7) is 3.81. The molecule has 2 aromatic rings. The van der Waals surface area contributed by atoms with E-state index in [2.05, 4.69) is 22.2 Å². The van der Waals surface area contributed by atoms with Gasteiger partial charge in [-0.1, -0.05) is 5.21 Å². The first-order valence-electron chi connectivity index (χ1n) is 4.05. The molecule has 0 spiro atoms. The van der Waals surface area contributed by atoms with Crippen LogP contribution < -0.4 is 0 Å². The molecule has 0 bridgehead atoms. The average molecular weight is 189 g/mol. The van der Waals surface area contributed by atoms with Gasteiger partial charge in [-0.15, -0.1) is 5.10 Å². The molecule has 14 heavy (non-hydrogen) atoms. The van der Waals surface area contributed by atoms with Gasteiger partial charge in [0.1, 0.15) is 11.4 Å². The summed E-state index contributed by atoms with van der Waals surface area (Å²) in [6, 6.07) is 3.23. The van der Waals surface area contributed by atoms with E-state index in [-0.39, 0.29) is 5.75 Å². The number of nitrogens with zero attached hydrogens (tertiary/aromatic N) is 4. The Kier molecular flexibility index (Phi) is 1.92. The highest BCUT2D eigenvalue weighted by Crippen LogP contribution is 2.18. The maximum Gasteiger partial charge on any atom is 0.134 e. The van der Waals surface area contributed by atoms with Gasteiger partial charge in [-0.2, -0.15) is 0 Å². The van der Waals surface area contributed by atoms with E-state index in [1.807, 2.05) is 0 Å². The summed E-state index contributed by atoms with van der Waals surface area (Å²) in [6.07, 6.45) is 1.36. The topological polar surface area (TPSA) is 63.8 Å². The van der Waals surface area contributed by atoms with E-state index in [4.69, 9.17) is 5.11 Å². The molecule has 0 unspecified atom stereocenters. The fourth-order valence-electron chi connectivity index (χ4n) is 1.10. The zero-order chi connectivity index (χ0) is 10.1. The summed E-state index contributed by atoms with van der Waals surface area (Å²) >= 11 is 0. The molecular formula is C9H9N4O. The van der Waals surface area contributed by atoms with Gasteiger partial charge < -0.3 is 5.11 Å². The highest BCUT2D eigenvalue weighted by atomic mass is 16.3. The predicted molar refractivity (Wildman–Crippen MR) is 50.4 cm³/mol. The Morgan fingerprint density at radius 3 is 2.71 bits per heavy atom. The highest BCUT2D eigenvalue weighted by molar-refractivity contribution is 5.57. The first-order valence-corrected chi connectivity index (χ1v) is 4.05. The predicted octanol–water partition coefficient (Wildman–Crippen LogP) is 0.765. The minimum atomic E-state index is 0.128. The van der Waals surface area contributed by atoms with Crippen molar-refractivity contribution in [3.63, 3.8) is 0 Å². The third-order valence-electron chi connectivity index (χ3n) is 1.93. The number of aryl methyl sites for hydroxylation is 1. The molecule has 5 heteroatoms. The van der Waals surface area contributed by atoms with Crippen LogP contribution in [0.1, 0.15) is 5.69 Å². The first-order chi connectivity index (χ1) is 6.68. The van der Waals surface area contributed by atoms with Gasteiger partial charge in [0.2, 0.25) is 0 Å². The van der Waals surface area contributed by atoms with Crippen LogP contribution in [-0.4, -0.2) is 25.1 Å². The normalized spacial score (nSPS) is 10.4. The van der Waals surface area contributed by atoms with Crippen LogP contribution in [0.3, 0.4) is 0 Å². The largest absolute Gasteiger partial charge is 0.506 e. The van der Waals surface area contributed by atoms with Gasteiger partial charge in [-0.25, -0.2) is 0 Å². The van der Waals surface area contributed by atoms with Crippen molar-refractivity contribution in [2.24, 2.45) is 7.05 Å². The van der Waals surface area contributed by atoms with Crippen LogP contribution in [0.5, 0.6) is 5.75 Å². The molecule has 1 N–H and O–H groups in total. The van der Waals surface area contributed by atoms with Crippen LogP contribution in [0.2, 0.25) is 0 Å². The monoisotopic (exact) mass is 189 g/mol. The molecule has 0 amide bonds.